The third-order valence-corrected chi connectivity index (χ3v) is 7.45. The Labute approximate surface area is 251 Å². The molecule has 13 heteroatoms. The fourth-order valence-electron chi connectivity index (χ4n) is 4.73. The first kappa shape index (κ1) is 31.3. The molecule has 1 heterocycles. The van der Waals surface area contributed by atoms with E-state index >= 15 is 0 Å². The molecular weight excluding hydrogens is 570 g/mol. The van der Waals surface area contributed by atoms with Crippen LogP contribution in [0.4, 0.5) is 11.4 Å². The van der Waals surface area contributed by atoms with Crippen molar-refractivity contribution in [2.45, 2.75) is 25.9 Å². The summed E-state index contributed by atoms with van der Waals surface area (Å²) in [6.45, 7) is 3.36. The molecule has 226 valence electrons. The molecule has 0 saturated heterocycles. The summed E-state index contributed by atoms with van der Waals surface area (Å²) in [4.78, 5) is 41.0. The van der Waals surface area contributed by atoms with Crippen LogP contribution in [0.2, 0.25) is 0 Å². The maximum absolute atomic E-state index is 14.6. The number of hydrogen-bond acceptors (Lipinski definition) is 8. The van der Waals surface area contributed by atoms with Crippen molar-refractivity contribution < 1.29 is 22.8 Å². The Morgan fingerprint density at radius 3 is 2.12 bits per heavy atom. The number of carbonyl (C=O) groups excluding carboxylic acids is 3. The molecule has 43 heavy (non-hydrogen) atoms. The second kappa shape index (κ2) is 13.2. The standard InChI is InChI=1S/C30H35N7O5S/c1-5-23-16-18-26(19-17-23)37(35(3)21-20-31-43(4,41)42)30(33-22(2)38)28(32-27(39)24-12-8-6-9-13-24)34-36(29(30)40)25-14-10-7-11-15-25/h6-19,31H,5,20-21H2,1-4H3,(H,33,38)(H,32,34,39). The lowest BCUT2D eigenvalue weighted by atomic mass is 10.0. The zero-order valence-corrected chi connectivity index (χ0v) is 25.3. The number of nitrogens with zero attached hydrogens (tertiary/aromatic N) is 4. The molecule has 1 aliphatic rings. The van der Waals surface area contributed by atoms with Crippen molar-refractivity contribution in [3.63, 3.8) is 0 Å². The highest BCUT2D eigenvalue weighted by Gasteiger charge is 2.59. The topological polar surface area (TPSA) is 144 Å². The number of hydrogen-bond donors (Lipinski definition) is 3. The van der Waals surface area contributed by atoms with Crippen molar-refractivity contribution in [1.29, 1.82) is 0 Å². The number of hydrazine groups is 1. The van der Waals surface area contributed by atoms with Gasteiger partial charge >= 0.3 is 5.91 Å². The van der Waals surface area contributed by atoms with E-state index in [1.165, 1.54) is 11.9 Å². The molecule has 1 atom stereocenters. The van der Waals surface area contributed by atoms with Gasteiger partial charge in [0.25, 0.3) is 11.6 Å². The van der Waals surface area contributed by atoms with E-state index in [9.17, 15) is 22.8 Å². The zero-order chi connectivity index (χ0) is 31.2. The average molecular weight is 606 g/mol. The zero-order valence-electron chi connectivity index (χ0n) is 24.4. The summed E-state index contributed by atoms with van der Waals surface area (Å²) in [6.07, 6.45) is 1.82. The van der Waals surface area contributed by atoms with E-state index in [0.29, 0.717) is 16.9 Å². The SMILES string of the molecule is CCc1ccc(N(N(C)CCNS(C)(=O)=O)C2(NC(C)=O)C(=O)N(c3ccccc3)N=C2NC(=O)c2ccccc2)cc1. The predicted molar refractivity (Wildman–Crippen MR) is 166 cm³/mol. The quantitative estimate of drug-likeness (QED) is 0.224. The average Bonchev–Trinajstić information content (AvgIpc) is 3.24. The lowest BCUT2D eigenvalue weighted by Gasteiger charge is -2.46. The number of amidine groups is 1. The van der Waals surface area contributed by atoms with Gasteiger partial charge in [-0.1, -0.05) is 55.5 Å². The van der Waals surface area contributed by atoms with Gasteiger partial charge in [0.15, 0.2) is 5.84 Å². The molecule has 3 amide bonds. The fourth-order valence-corrected chi connectivity index (χ4v) is 5.19. The van der Waals surface area contributed by atoms with Crippen molar-refractivity contribution >= 4 is 45.0 Å². The van der Waals surface area contributed by atoms with Gasteiger partial charge in [-0.2, -0.15) is 5.01 Å². The molecule has 4 rings (SSSR count). The third kappa shape index (κ3) is 7.08. The highest BCUT2D eigenvalue weighted by atomic mass is 32.2. The number of anilines is 2. The third-order valence-electron chi connectivity index (χ3n) is 6.72. The first-order valence-electron chi connectivity index (χ1n) is 13.6. The van der Waals surface area contributed by atoms with Crippen LogP contribution in [-0.4, -0.2) is 69.0 Å². The molecule has 1 unspecified atom stereocenters. The van der Waals surface area contributed by atoms with Crippen LogP contribution in [0.25, 0.3) is 0 Å². The number of carbonyl (C=O) groups is 3. The van der Waals surface area contributed by atoms with Gasteiger partial charge in [0.05, 0.1) is 17.6 Å². The van der Waals surface area contributed by atoms with Crippen LogP contribution in [0.3, 0.4) is 0 Å². The Morgan fingerprint density at radius 2 is 1.56 bits per heavy atom. The second-order valence-electron chi connectivity index (χ2n) is 9.99. The first-order valence-corrected chi connectivity index (χ1v) is 15.5. The Hall–Kier alpha value is -4.59. The largest absolute Gasteiger partial charge is 0.318 e. The highest BCUT2D eigenvalue weighted by Crippen LogP contribution is 2.34. The Kier molecular flexibility index (Phi) is 9.59. The van der Waals surface area contributed by atoms with Gasteiger partial charge in [-0.25, -0.2) is 18.1 Å². The molecule has 3 aromatic rings. The number of aryl methyl sites for hydroxylation is 1. The van der Waals surface area contributed by atoms with Crippen molar-refractivity contribution in [1.82, 2.24) is 20.4 Å². The van der Waals surface area contributed by atoms with Crippen LogP contribution in [0.5, 0.6) is 0 Å². The Morgan fingerprint density at radius 1 is 0.953 bits per heavy atom. The molecule has 3 N–H and O–H groups in total. The lowest BCUT2D eigenvalue weighted by molar-refractivity contribution is -0.128. The van der Waals surface area contributed by atoms with Gasteiger partial charge in [-0.3, -0.25) is 19.4 Å². The van der Waals surface area contributed by atoms with E-state index < -0.39 is 33.4 Å². The van der Waals surface area contributed by atoms with Crippen LogP contribution < -0.4 is 25.4 Å². The number of rotatable bonds is 11. The Balaban J connectivity index is 1.91. The molecule has 12 nitrogen and oxygen atoms in total. The number of benzene rings is 3. The number of likely N-dealkylation sites (N-methyl/N-ethyl adjacent to an activating group) is 1. The maximum atomic E-state index is 14.6. The van der Waals surface area contributed by atoms with Crippen molar-refractivity contribution in [2.24, 2.45) is 5.10 Å². The predicted octanol–water partition coefficient (Wildman–Crippen LogP) is 2.07. The molecular formula is C30H35N7O5S. The maximum Gasteiger partial charge on any atom is 0.303 e. The van der Waals surface area contributed by atoms with E-state index in [1.807, 2.05) is 19.1 Å². The summed E-state index contributed by atoms with van der Waals surface area (Å²) in [5.74, 6) is -1.92. The fraction of sp³-hybridized carbons (Fsp3) is 0.267. The normalized spacial score (nSPS) is 16.6. The number of hydrazone groups is 1. The van der Waals surface area contributed by atoms with Crippen LogP contribution in [0.1, 0.15) is 29.8 Å². The van der Waals surface area contributed by atoms with Crippen LogP contribution in [-0.2, 0) is 26.0 Å². The van der Waals surface area contributed by atoms with Gasteiger partial charge in [-0.05, 0) is 48.4 Å². The van der Waals surface area contributed by atoms with Gasteiger partial charge in [0.2, 0.25) is 15.9 Å². The number of para-hydroxylation sites is 1. The summed E-state index contributed by atoms with van der Waals surface area (Å²) in [5.41, 5.74) is 0.178. The van der Waals surface area contributed by atoms with Crippen LogP contribution >= 0.6 is 0 Å². The summed E-state index contributed by atoms with van der Waals surface area (Å²) < 4.78 is 26.1. The van der Waals surface area contributed by atoms with Gasteiger partial charge < -0.3 is 10.6 Å². The monoisotopic (exact) mass is 605 g/mol. The molecule has 0 spiro atoms. The molecule has 0 aromatic heterocycles. The molecule has 0 saturated carbocycles. The number of sulfonamides is 1. The highest BCUT2D eigenvalue weighted by molar-refractivity contribution is 7.88. The van der Waals surface area contributed by atoms with Gasteiger partial charge in [0.1, 0.15) is 0 Å². The molecule has 0 radical (unpaired) electrons. The number of nitrogens with one attached hydrogen (secondary N) is 3. The molecule has 0 bridgehead atoms. The lowest BCUT2D eigenvalue weighted by Crippen LogP contribution is -2.75. The van der Waals surface area contributed by atoms with Crippen LogP contribution in [0, 0.1) is 0 Å². The summed E-state index contributed by atoms with van der Waals surface area (Å²) in [7, 11) is -1.86. The number of amides is 3. The Bertz CT molecular complexity index is 1600. The van der Waals surface area contributed by atoms with Gasteiger partial charge in [0, 0.05) is 32.6 Å². The van der Waals surface area contributed by atoms with Crippen molar-refractivity contribution in [3.05, 3.63) is 96.1 Å². The summed E-state index contributed by atoms with van der Waals surface area (Å²) in [6, 6.07) is 24.4. The van der Waals surface area contributed by atoms with E-state index in [-0.39, 0.29) is 18.9 Å². The smallest absolute Gasteiger partial charge is 0.303 e. The van der Waals surface area contributed by atoms with Crippen molar-refractivity contribution in [2.75, 3.05) is 36.4 Å². The van der Waals surface area contributed by atoms with E-state index in [1.54, 1.807) is 84.9 Å². The molecule has 0 fully saturated rings. The molecule has 1 aliphatic heterocycles. The minimum absolute atomic E-state index is 0.00549. The summed E-state index contributed by atoms with van der Waals surface area (Å²) in [5, 5.41) is 14.4. The van der Waals surface area contributed by atoms with E-state index in [0.717, 1.165) is 23.2 Å². The van der Waals surface area contributed by atoms with Crippen LogP contribution in [0.15, 0.2) is 90.0 Å². The minimum Gasteiger partial charge on any atom is -0.318 e. The van der Waals surface area contributed by atoms with Crippen molar-refractivity contribution in [3.8, 4) is 0 Å². The van der Waals surface area contributed by atoms with E-state index in [4.69, 9.17) is 0 Å². The second-order valence-corrected chi connectivity index (χ2v) is 11.8. The van der Waals surface area contributed by atoms with Gasteiger partial charge in [-0.15, -0.1) is 5.10 Å². The summed E-state index contributed by atoms with van der Waals surface area (Å²) >= 11 is 0. The molecule has 0 aliphatic carbocycles. The van der Waals surface area contributed by atoms with E-state index in [2.05, 4.69) is 20.5 Å². The minimum atomic E-state index is -3.51. The molecule has 3 aromatic carbocycles. The first-order chi connectivity index (χ1) is 20.5.